The van der Waals surface area contributed by atoms with E-state index < -0.39 is 20.9 Å². The molecule has 0 saturated carbocycles. The third-order valence-electron chi connectivity index (χ3n) is 4.60. The number of aryl methyl sites for hydroxylation is 1. The highest BCUT2D eigenvalue weighted by Crippen LogP contribution is 2.29. The van der Waals surface area contributed by atoms with Gasteiger partial charge in [-0.1, -0.05) is 24.3 Å². The van der Waals surface area contributed by atoms with Crippen LogP contribution in [0.3, 0.4) is 0 Å². The fourth-order valence-corrected chi connectivity index (χ4v) is 4.35. The van der Waals surface area contributed by atoms with E-state index in [1.807, 2.05) is 44.2 Å². The van der Waals surface area contributed by atoms with Crippen molar-refractivity contribution in [2.75, 3.05) is 31.4 Å². The zero-order valence-corrected chi connectivity index (χ0v) is 21.5. The number of hydrogen-bond donors (Lipinski definition) is 1. The summed E-state index contributed by atoms with van der Waals surface area (Å²) in [5.74, 6) is 0.976. The van der Waals surface area contributed by atoms with Crippen LogP contribution in [-0.4, -0.2) is 49.8 Å². The van der Waals surface area contributed by atoms with Crippen LogP contribution in [0.15, 0.2) is 53.2 Å². The summed E-state index contributed by atoms with van der Waals surface area (Å²) in [5.41, 5.74) is 1.35. The Balaban J connectivity index is 1.68. The molecule has 0 atom stereocenters. The first kappa shape index (κ1) is 26.7. The Bertz CT molecular complexity index is 1410. The molecule has 36 heavy (non-hydrogen) atoms. The summed E-state index contributed by atoms with van der Waals surface area (Å²) in [4.78, 5) is 16.3. The summed E-state index contributed by atoms with van der Waals surface area (Å²) < 4.78 is 43.9. The number of nitrogens with zero attached hydrogens (tertiary/aromatic N) is 3. The summed E-state index contributed by atoms with van der Waals surface area (Å²) in [6.07, 6.45) is 2.34. The Morgan fingerprint density at radius 1 is 1.11 bits per heavy atom. The van der Waals surface area contributed by atoms with Gasteiger partial charge in [-0.15, -0.1) is 0 Å². The fraction of sp³-hybridized carbons (Fsp3) is 0.250. The molecule has 0 saturated heterocycles. The quantitative estimate of drug-likeness (QED) is 0.224. The summed E-state index contributed by atoms with van der Waals surface area (Å²) in [7, 11) is -3.61. The lowest BCUT2D eigenvalue weighted by Crippen LogP contribution is -2.13. The number of ether oxygens (including phenoxy) is 3. The summed E-state index contributed by atoms with van der Waals surface area (Å²) >= 11 is 0.703. The Kier molecular flexibility index (Phi) is 8.99. The van der Waals surface area contributed by atoms with Gasteiger partial charge >= 0.3 is 0 Å². The number of aromatic nitrogens is 2. The topological polar surface area (TPSA) is 140 Å². The van der Waals surface area contributed by atoms with Gasteiger partial charge < -0.3 is 14.2 Å². The van der Waals surface area contributed by atoms with Crippen molar-refractivity contribution in [3.8, 4) is 23.3 Å². The number of nitrogens with one attached hydrogen (secondary N) is 1. The summed E-state index contributed by atoms with van der Waals surface area (Å²) in [6.45, 7) is 4.80. The lowest BCUT2D eigenvalue weighted by atomic mass is 10.1. The van der Waals surface area contributed by atoms with E-state index in [1.165, 1.54) is 6.08 Å². The van der Waals surface area contributed by atoms with Crippen molar-refractivity contribution in [1.29, 1.82) is 5.26 Å². The molecule has 0 aliphatic heterocycles. The van der Waals surface area contributed by atoms with Crippen LogP contribution < -0.4 is 19.5 Å². The Labute approximate surface area is 213 Å². The fourth-order valence-electron chi connectivity index (χ4n) is 2.91. The van der Waals surface area contributed by atoms with Crippen LogP contribution in [0.4, 0.5) is 5.13 Å². The second kappa shape index (κ2) is 12.1. The van der Waals surface area contributed by atoms with Crippen LogP contribution >= 0.6 is 11.5 Å². The second-order valence-electron chi connectivity index (χ2n) is 7.38. The number of para-hydroxylation sites is 1. The molecular formula is C24H24N4O6S2. The average Bonchev–Trinajstić information content (AvgIpc) is 3.31. The second-order valence-corrected chi connectivity index (χ2v) is 10.0. The molecule has 188 valence electrons. The lowest BCUT2D eigenvalue weighted by molar-refractivity contribution is -0.112. The van der Waals surface area contributed by atoms with E-state index in [2.05, 4.69) is 14.7 Å². The smallest absolute Gasteiger partial charge is 0.268 e. The van der Waals surface area contributed by atoms with Crippen molar-refractivity contribution in [2.45, 2.75) is 19.0 Å². The lowest BCUT2D eigenvalue weighted by Gasteiger charge is -2.14. The number of nitriles is 1. The SMILES string of the molecule is CCOc1cc(/C=C(/C#N)C(=O)Nc2nc(S(C)(=O)=O)ns2)ccc1OCCOc1ccccc1C. The van der Waals surface area contributed by atoms with E-state index in [0.29, 0.717) is 41.8 Å². The van der Waals surface area contributed by atoms with E-state index in [0.717, 1.165) is 17.6 Å². The Hall–Kier alpha value is -3.95. The minimum atomic E-state index is -3.61. The van der Waals surface area contributed by atoms with Crippen LogP contribution in [0, 0.1) is 18.3 Å². The molecule has 3 aromatic rings. The number of benzene rings is 2. The van der Waals surface area contributed by atoms with Crippen LogP contribution in [-0.2, 0) is 14.6 Å². The largest absolute Gasteiger partial charge is 0.490 e. The van der Waals surface area contributed by atoms with Gasteiger partial charge in [-0.2, -0.15) is 14.6 Å². The number of hydrogen-bond acceptors (Lipinski definition) is 10. The van der Waals surface area contributed by atoms with E-state index >= 15 is 0 Å². The first-order chi connectivity index (χ1) is 17.2. The van der Waals surface area contributed by atoms with Crippen molar-refractivity contribution in [2.24, 2.45) is 0 Å². The molecule has 1 aromatic heterocycles. The van der Waals surface area contributed by atoms with Crippen molar-refractivity contribution in [3.05, 3.63) is 59.2 Å². The maximum absolute atomic E-state index is 12.5. The highest BCUT2D eigenvalue weighted by molar-refractivity contribution is 7.90. The Morgan fingerprint density at radius 2 is 1.83 bits per heavy atom. The maximum Gasteiger partial charge on any atom is 0.268 e. The van der Waals surface area contributed by atoms with Crippen LogP contribution in [0.25, 0.3) is 6.08 Å². The number of carbonyl (C=O) groups is 1. The number of amides is 1. The molecule has 10 nitrogen and oxygen atoms in total. The number of sulfone groups is 1. The zero-order chi connectivity index (χ0) is 26.1. The number of carbonyl (C=O) groups excluding carboxylic acids is 1. The number of anilines is 1. The van der Waals surface area contributed by atoms with E-state index in [1.54, 1.807) is 18.2 Å². The van der Waals surface area contributed by atoms with Crippen LogP contribution in [0.5, 0.6) is 17.2 Å². The molecule has 0 fully saturated rings. The summed E-state index contributed by atoms with van der Waals surface area (Å²) in [5, 5.41) is 11.4. The van der Waals surface area contributed by atoms with Gasteiger partial charge in [0, 0.05) is 17.8 Å². The van der Waals surface area contributed by atoms with E-state index in [4.69, 9.17) is 14.2 Å². The monoisotopic (exact) mass is 528 g/mol. The molecule has 0 aliphatic rings. The van der Waals surface area contributed by atoms with Crippen LogP contribution in [0.1, 0.15) is 18.1 Å². The molecule has 0 radical (unpaired) electrons. The first-order valence-corrected chi connectivity index (χ1v) is 13.4. The molecule has 1 N–H and O–H groups in total. The molecule has 3 rings (SSSR count). The molecule has 0 bridgehead atoms. The molecule has 1 amide bonds. The van der Waals surface area contributed by atoms with Crippen molar-refractivity contribution in [3.63, 3.8) is 0 Å². The molecule has 1 heterocycles. The highest BCUT2D eigenvalue weighted by Gasteiger charge is 2.18. The normalized spacial score (nSPS) is 11.4. The maximum atomic E-state index is 12.5. The minimum absolute atomic E-state index is 0.0340. The predicted molar refractivity (Wildman–Crippen MR) is 135 cm³/mol. The van der Waals surface area contributed by atoms with Gasteiger partial charge in [0.1, 0.15) is 30.6 Å². The average molecular weight is 529 g/mol. The molecule has 2 aromatic carbocycles. The van der Waals surface area contributed by atoms with E-state index in [-0.39, 0.29) is 17.3 Å². The van der Waals surface area contributed by atoms with Crippen LogP contribution in [0.2, 0.25) is 0 Å². The Morgan fingerprint density at radius 3 is 2.47 bits per heavy atom. The van der Waals surface area contributed by atoms with Gasteiger partial charge in [-0.05, 0) is 49.2 Å². The van der Waals surface area contributed by atoms with Gasteiger partial charge in [0.05, 0.1) is 6.61 Å². The first-order valence-electron chi connectivity index (χ1n) is 10.8. The van der Waals surface area contributed by atoms with Gasteiger partial charge in [-0.25, -0.2) is 8.42 Å². The minimum Gasteiger partial charge on any atom is -0.490 e. The third kappa shape index (κ3) is 7.27. The van der Waals surface area contributed by atoms with Crippen molar-refractivity contribution < 1.29 is 27.4 Å². The van der Waals surface area contributed by atoms with Gasteiger partial charge in [0.25, 0.3) is 11.1 Å². The molecule has 12 heteroatoms. The molecule has 0 spiro atoms. The molecule has 0 aliphatic carbocycles. The predicted octanol–water partition coefficient (Wildman–Crippen LogP) is 3.65. The summed E-state index contributed by atoms with van der Waals surface area (Å²) in [6, 6.07) is 14.5. The van der Waals surface area contributed by atoms with E-state index in [9.17, 15) is 18.5 Å². The number of rotatable bonds is 11. The zero-order valence-electron chi connectivity index (χ0n) is 19.8. The van der Waals surface area contributed by atoms with Crippen molar-refractivity contribution in [1.82, 2.24) is 9.36 Å². The van der Waals surface area contributed by atoms with Crippen molar-refractivity contribution >= 4 is 38.5 Å². The highest BCUT2D eigenvalue weighted by atomic mass is 32.2. The van der Waals surface area contributed by atoms with Gasteiger partial charge in [0.15, 0.2) is 11.5 Å². The standard InChI is InChI=1S/C24H24N4O6S2/c1-4-32-21-14-17(9-10-20(21)34-12-11-33-19-8-6-5-7-16(19)2)13-18(15-25)22(29)26-23-27-24(28-35-23)36(3,30)31/h5-10,13-14H,4,11-12H2,1-3H3,(H,26,27,28,29)/b18-13-. The molecule has 0 unspecified atom stereocenters. The van der Waals surface area contributed by atoms with Gasteiger partial charge in [0.2, 0.25) is 15.0 Å². The third-order valence-corrected chi connectivity index (χ3v) is 6.19. The van der Waals surface area contributed by atoms with Gasteiger partial charge in [-0.3, -0.25) is 10.1 Å². The molecular weight excluding hydrogens is 504 g/mol.